The van der Waals surface area contributed by atoms with Crippen LogP contribution >= 0.6 is 0 Å². The normalized spacial score (nSPS) is 22.4. The molecule has 2 rings (SSSR count). The highest BCUT2D eigenvalue weighted by molar-refractivity contribution is 5.89. The van der Waals surface area contributed by atoms with Crippen molar-refractivity contribution in [3.05, 3.63) is 34.4 Å². The van der Waals surface area contributed by atoms with Gasteiger partial charge in [0.2, 0.25) is 0 Å². The molecule has 0 aliphatic carbocycles. The van der Waals surface area contributed by atoms with Crippen LogP contribution in [0.4, 0.5) is 16.2 Å². The van der Waals surface area contributed by atoms with E-state index in [-0.39, 0.29) is 23.8 Å². The first-order chi connectivity index (χ1) is 9.47. The molecule has 2 atom stereocenters. The van der Waals surface area contributed by atoms with Crippen LogP contribution in [-0.2, 0) is 0 Å². The molecule has 1 aliphatic heterocycles. The second-order valence-electron chi connectivity index (χ2n) is 5.04. The summed E-state index contributed by atoms with van der Waals surface area (Å²) in [6, 6.07) is 6.01. The summed E-state index contributed by atoms with van der Waals surface area (Å²) in [5, 5.41) is 16.6. The van der Waals surface area contributed by atoms with E-state index >= 15 is 0 Å². The van der Waals surface area contributed by atoms with Gasteiger partial charge in [0.05, 0.1) is 4.92 Å². The second kappa shape index (κ2) is 5.87. The van der Waals surface area contributed by atoms with E-state index in [1.54, 1.807) is 4.90 Å². The Bertz CT molecular complexity index is 503. The molecule has 1 heterocycles. The van der Waals surface area contributed by atoms with E-state index in [0.29, 0.717) is 12.2 Å². The lowest BCUT2D eigenvalue weighted by atomic mass is 10.1. The van der Waals surface area contributed by atoms with Crippen LogP contribution in [0.15, 0.2) is 24.3 Å². The van der Waals surface area contributed by atoms with E-state index in [1.165, 1.54) is 24.3 Å². The van der Waals surface area contributed by atoms with Gasteiger partial charge in [-0.25, -0.2) is 4.79 Å². The number of nitro groups is 1. The maximum Gasteiger partial charge on any atom is 0.322 e. The number of hydrogen-bond acceptors (Lipinski definition) is 4. The summed E-state index contributed by atoms with van der Waals surface area (Å²) < 4.78 is 0. The molecule has 20 heavy (non-hydrogen) atoms. The lowest BCUT2D eigenvalue weighted by molar-refractivity contribution is -0.384. The van der Waals surface area contributed by atoms with Crippen LogP contribution in [0.3, 0.4) is 0 Å². The Morgan fingerprint density at radius 1 is 1.40 bits per heavy atom. The topological polar surface area (TPSA) is 87.5 Å². The van der Waals surface area contributed by atoms with Gasteiger partial charge in [0, 0.05) is 43.0 Å². The number of carbonyl (C=O) groups excluding carboxylic acids is 1. The summed E-state index contributed by atoms with van der Waals surface area (Å²) in [4.78, 5) is 24.1. The van der Waals surface area contributed by atoms with Gasteiger partial charge in [0.25, 0.3) is 5.69 Å². The molecule has 0 bridgehead atoms. The van der Waals surface area contributed by atoms with Crippen molar-refractivity contribution in [2.24, 2.45) is 0 Å². The number of nitrogens with one attached hydrogen (secondary N) is 2. The molecular formula is C13H18N4O3. The quantitative estimate of drug-likeness (QED) is 0.638. The summed E-state index contributed by atoms with van der Waals surface area (Å²) >= 11 is 0. The Hall–Kier alpha value is -2.15. The molecule has 0 saturated carbocycles. The van der Waals surface area contributed by atoms with E-state index in [9.17, 15) is 14.9 Å². The molecule has 0 spiro atoms. The van der Waals surface area contributed by atoms with Gasteiger partial charge in [-0.15, -0.1) is 0 Å². The lowest BCUT2D eigenvalue weighted by Crippen LogP contribution is -2.57. The van der Waals surface area contributed by atoms with Gasteiger partial charge in [0.15, 0.2) is 0 Å². The second-order valence-corrected chi connectivity index (χ2v) is 5.04. The van der Waals surface area contributed by atoms with Crippen molar-refractivity contribution in [3.8, 4) is 0 Å². The fourth-order valence-electron chi connectivity index (χ4n) is 2.17. The molecule has 2 amide bonds. The Morgan fingerprint density at radius 3 is 2.65 bits per heavy atom. The SMILES string of the molecule is CC1CN(C(=O)Nc2ccc([N+](=O)[O-])cc2)C(C)CN1. The molecule has 7 nitrogen and oxygen atoms in total. The highest BCUT2D eigenvalue weighted by Crippen LogP contribution is 2.16. The number of nitro benzene ring substituents is 1. The number of rotatable bonds is 2. The minimum absolute atomic E-state index is 0.00663. The third kappa shape index (κ3) is 3.24. The molecule has 1 aromatic rings. The number of amides is 2. The van der Waals surface area contributed by atoms with Crippen LogP contribution in [-0.4, -0.2) is 41.0 Å². The minimum atomic E-state index is -0.467. The molecular weight excluding hydrogens is 260 g/mol. The summed E-state index contributed by atoms with van der Waals surface area (Å²) in [6.07, 6.45) is 0. The number of non-ortho nitro benzene ring substituents is 1. The van der Waals surface area contributed by atoms with Crippen molar-refractivity contribution < 1.29 is 9.72 Å². The molecule has 1 saturated heterocycles. The standard InChI is InChI=1S/C13H18N4O3/c1-9-8-16(10(2)7-14-9)13(18)15-11-3-5-12(6-4-11)17(19)20/h3-6,9-10,14H,7-8H2,1-2H3,(H,15,18). The molecule has 1 aliphatic rings. The maximum absolute atomic E-state index is 12.2. The largest absolute Gasteiger partial charge is 0.322 e. The average molecular weight is 278 g/mol. The predicted octanol–water partition coefficient (Wildman–Crippen LogP) is 1.81. The first kappa shape index (κ1) is 14.3. The smallest absolute Gasteiger partial charge is 0.319 e. The van der Waals surface area contributed by atoms with Crippen molar-refractivity contribution in [2.45, 2.75) is 25.9 Å². The van der Waals surface area contributed by atoms with Crippen LogP contribution in [0.5, 0.6) is 0 Å². The number of piperazine rings is 1. The van der Waals surface area contributed by atoms with Crippen molar-refractivity contribution in [3.63, 3.8) is 0 Å². The molecule has 7 heteroatoms. The lowest BCUT2D eigenvalue weighted by Gasteiger charge is -2.37. The van der Waals surface area contributed by atoms with E-state index in [2.05, 4.69) is 10.6 Å². The fraction of sp³-hybridized carbons (Fsp3) is 0.462. The Balaban J connectivity index is 2.01. The summed E-state index contributed by atoms with van der Waals surface area (Å²) in [7, 11) is 0. The van der Waals surface area contributed by atoms with Crippen LogP contribution in [0, 0.1) is 10.1 Å². The van der Waals surface area contributed by atoms with Crippen molar-refractivity contribution in [2.75, 3.05) is 18.4 Å². The fourth-order valence-corrected chi connectivity index (χ4v) is 2.17. The summed E-state index contributed by atoms with van der Waals surface area (Å²) in [6.45, 7) is 5.40. The Kier molecular flexibility index (Phi) is 4.19. The molecule has 0 aromatic heterocycles. The predicted molar refractivity (Wildman–Crippen MR) is 75.7 cm³/mol. The van der Waals surface area contributed by atoms with Gasteiger partial charge < -0.3 is 15.5 Å². The van der Waals surface area contributed by atoms with Gasteiger partial charge in [-0.3, -0.25) is 10.1 Å². The number of benzene rings is 1. The molecule has 0 radical (unpaired) electrons. The number of carbonyl (C=O) groups is 1. The molecule has 108 valence electrons. The first-order valence-corrected chi connectivity index (χ1v) is 6.53. The number of nitrogens with zero attached hydrogens (tertiary/aromatic N) is 2. The van der Waals surface area contributed by atoms with Crippen LogP contribution in [0.2, 0.25) is 0 Å². The van der Waals surface area contributed by atoms with E-state index in [0.717, 1.165) is 6.54 Å². The summed E-state index contributed by atoms with van der Waals surface area (Å²) in [5.74, 6) is 0. The molecule has 2 N–H and O–H groups in total. The Morgan fingerprint density at radius 2 is 2.05 bits per heavy atom. The third-order valence-corrected chi connectivity index (χ3v) is 3.35. The van der Waals surface area contributed by atoms with Crippen molar-refractivity contribution in [1.29, 1.82) is 0 Å². The molecule has 2 unspecified atom stereocenters. The van der Waals surface area contributed by atoms with E-state index in [1.807, 2.05) is 13.8 Å². The molecule has 1 fully saturated rings. The van der Waals surface area contributed by atoms with Gasteiger partial charge in [0.1, 0.15) is 0 Å². The highest BCUT2D eigenvalue weighted by Gasteiger charge is 2.26. The monoisotopic (exact) mass is 278 g/mol. The number of urea groups is 1. The summed E-state index contributed by atoms with van der Waals surface area (Å²) in [5.41, 5.74) is 0.561. The minimum Gasteiger partial charge on any atom is -0.319 e. The van der Waals surface area contributed by atoms with Crippen molar-refractivity contribution >= 4 is 17.4 Å². The average Bonchev–Trinajstić information content (AvgIpc) is 2.42. The zero-order valence-electron chi connectivity index (χ0n) is 11.5. The number of anilines is 1. The van der Waals surface area contributed by atoms with Crippen LogP contribution in [0.1, 0.15) is 13.8 Å². The van der Waals surface area contributed by atoms with Gasteiger partial charge >= 0.3 is 6.03 Å². The zero-order chi connectivity index (χ0) is 14.7. The van der Waals surface area contributed by atoms with Gasteiger partial charge in [-0.1, -0.05) is 0 Å². The van der Waals surface area contributed by atoms with Gasteiger partial charge in [-0.2, -0.15) is 0 Å². The van der Waals surface area contributed by atoms with Gasteiger partial charge in [-0.05, 0) is 26.0 Å². The van der Waals surface area contributed by atoms with Crippen LogP contribution in [0.25, 0.3) is 0 Å². The highest BCUT2D eigenvalue weighted by atomic mass is 16.6. The van der Waals surface area contributed by atoms with Crippen molar-refractivity contribution in [1.82, 2.24) is 10.2 Å². The zero-order valence-corrected chi connectivity index (χ0v) is 11.5. The molecule has 1 aromatic carbocycles. The Labute approximate surface area is 117 Å². The van der Waals surface area contributed by atoms with E-state index in [4.69, 9.17) is 0 Å². The van der Waals surface area contributed by atoms with Crippen LogP contribution < -0.4 is 10.6 Å². The van der Waals surface area contributed by atoms with E-state index < -0.39 is 4.92 Å². The number of hydrogen-bond donors (Lipinski definition) is 2. The first-order valence-electron chi connectivity index (χ1n) is 6.53. The third-order valence-electron chi connectivity index (χ3n) is 3.35. The maximum atomic E-state index is 12.2.